The first-order chi connectivity index (χ1) is 6.33. The zero-order valence-corrected chi connectivity index (χ0v) is 9.08. The summed E-state index contributed by atoms with van der Waals surface area (Å²) in [5, 5.41) is 0. The van der Waals surface area contributed by atoms with E-state index in [0.29, 0.717) is 0 Å². The molecule has 19 heavy (non-hydrogen) atoms. The maximum Gasteiger partial charge on any atom is 0.0647 e. The summed E-state index contributed by atoms with van der Waals surface area (Å²) in [7, 11) is 3.25. The lowest BCUT2D eigenvalue weighted by Gasteiger charge is -1.95. The van der Waals surface area contributed by atoms with Crippen LogP contribution < -0.4 is 0 Å². The summed E-state index contributed by atoms with van der Waals surface area (Å²) in [6.07, 6.45) is 8.05. The van der Waals surface area contributed by atoms with Gasteiger partial charge in [0.15, 0.2) is 0 Å². The summed E-state index contributed by atoms with van der Waals surface area (Å²) < 4.78 is 9.47. The summed E-state index contributed by atoms with van der Waals surface area (Å²) >= 11 is 0. The maximum atomic E-state index is 5.22. The molecule has 0 aromatic carbocycles. The fraction of sp³-hybridized carbons (Fsp3) is 0.765. The zero-order chi connectivity index (χ0) is 10.4. The van der Waals surface area contributed by atoms with Gasteiger partial charge in [0.25, 0.3) is 0 Å². The van der Waals surface area contributed by atoms with E-state index in [9.17, 15) is 0 Å². The number of allylic oxidation sites excluding steroid dienone is 1. The van der Waals surface area contributed by atoms with Crippen molar-refractivity contribution in [1.82, 2.24) is 0 Å². The number of hydrogen-bond donors (Lipinski definition) is 0. The first-order valence-corrected chi connectivity index (χ1v) is 4.57. The number of hydrogen-bond acceptors (Lipinski definition) is 2. The molecule has 0 aliphatic heterocycles. The van der Waals surface area contributed by atoms with Gasteiger partial charge in [0.05, 0.1) is 13.2 Å². The van der Waals surface area contributed by atoms with Crippen LogP contribution in [0.2, 0.25) is 0 Å². The molecule has 2 heteroatoms. The highest BCUT2D eigenvalue weighted by Gasteiger charge is 1.78. The van der Waals surface area contributed by atoms with Crippen LogP contribution in [0.25, 0.3) is 0 Å². The summed E-state index contributed by atoms with van der Waals surface area (Å²) in [4.78, 5) is 0. The van der Waals surface area contributed by atoms with Crippen LogP contribution in [0.1, 0.15) is 64.3 Å². The minimum atomic E-state index is 0. The summed E-state index contributed by atoms with van der Waals surface area (Å²) in [6, 6.07) is 0. The third kappa shape index (κ3) is 101. The average molecular weight is 283 g/mol. The van der Waals surface area contributed by atoms with Crippen LogP contribution in [0.3, 0.4) is 0 Å². The smallest absolute Gasteiger partial charge is 0.0647 e. The van der Waals surface area contributed by atoms with E-state index in [1.54, 1.807) is 14.2 Å². The van der Waals surface area contributed by atoms with E-state index in [2.05, 4.69) is 24.3 Å². The van der Waals surface area contributed by atoms with E-state index in [0.717, 1.165) is 26.1 Å². The highest BCUT2D eigenvalue weighted by atomic mass is 16.5. The van der Waals surface area contributed by atoms with Crippen LogP contribution >= 0.6 is 0 Å². The lowest BCUT2D eigenvalue weighted by atomic mass is 10.4. The van der Waals surface area contributed by atoms with Gasteiger partial charge in [-0.15, -0.1) is 6.58 Å². The monoisotopic (exact) mass is 282 g/mol. The van der Waals surface area contributed by atoms with Gasteiger partial charge in [0.1, 0.15) is 0 Å². The van der Waals surface area contributed by atoms with E-state index in [1.807, 2.05) is 12.2 Å². The molecule has 0 spiro atoms. The fourth-order valence-corrected chi connectivity index (χ4v) is 0.553. The first-order valence-electron chi connectivity index (χ1n) is 4.57. The highest BCUT2D eigenvalue weighted by molar-refractivity contribution is 4.79. The van der Waals surface area contributed by atoms with E-state index in [4.69, 9.17) is 4.74 Å². The Morgan fingerprint density at radius 2 is 1.32 bits per heavy atom. The predicted octanol–water partition coefficient (Wildman–Crippen LogP) is 6.62. The molecular weight excluding hydrogens is 236 g/mol. The molecule has 0 aliphatic rings. The Hall–Kier alpha value is -0.600. The van der Waals surface area contributed by atoms with Gasteiger partial charge in [-0.05, 0) is 12.8 Å². The Labute approximate surface area is 126 Å². The van der Waals surface area contributed by atoms with Gasteiger partial charge in [-0.3, -0.25) is 0 Å². The predicted molar refractivity (Wildman–Crippen MR) is 98.4 cm³/mol. The average Bonchev–Trinajstić information content (AvgIpc) is 2.13. The number of methoxy groups -OCH3 is 1. The topological polar surface area (TPSA) is 18.5 Å². The molecule has 0 radical (unpaired) electrons. The third-order valence-corrected chi connectivity index (χ3v) is 1.08. The SMILES string of the molecule is C.C.C.C.C.C.C=CCCOC/C=C/CC.COC. The van der Waals surface area contributed by atoms with E-state index in [1.165, 1.54) is 0 Å². The van der Waals surface area contributed by atoms with E-state index >= 15 is 0 Å². The van der Waals surface area contributed by atoms with Gasteiger partial charge in [0.2, 0.25) is 0 Å². The molecule has 0 N–H and O–H groups in total. The van der Waals surface area contributed by atoms with Crippen molar-refractivity contribution >= 4 is 0 Å². The molecule has 0 heterocycles. The molecule has 0 fully saturated rings. The molecule has 0 rings (SSSR count). The van der Waals surface area contributed by atoms with Crippen molar-refractivity contribution in [1.29, 1.82) is 0 Å². The second kappa shape index (κ2) is 66.3. The van der Waals surface area contributed by atoms with Gasteiger partial charge in [-0.25, -0.2) is 0 Å². The Morgan fingerprint density at radius 1 is 0.895 bits per heavy atom. The molecule has 0 amide bonds. The normalized spacial score (nSPS) is 6.47. The van der Waals surface area contributed by atoms with Crippen LogP contribution in [-0.2, 0) is 9.47 Å². The molecule has 126 valence electrons. The highest BCUT2D eigenvalue weighted by Crippen LogP contribution is 1.85. The standard InChI is InChI=1S/C9H16O.C2H6O.6CH4/c1-3-5-7-9-10-8-6-4-2;1-3-2;;;;;;/h4-5,7H,2-3,6,8-9H2,1H3;1-2H3;6*1H4/b7-5+;;;;;;;. The summed E-state index contributed by atoms with van der Waals surface area (Å²) in [6.45, 7) is 7.24. The Balaban J connectivity index is -0.0000000206. The van der Waals surface area contributed by atoms with E-state index in [-0.39, 0.29) is 44.6 Å². The molecule has 0 atom stereocenters. The van der Waals surface area contributed by atoms with Crippen molar-refractivity contribution in [2.24, 2.45) is 0 Å². The molecule has 0 saturated heterocycles. The van der Waals surface area contributed by atoms with Crippen molar-refractivity contribution in [3.63, 3.8) is 0 Å². The molecule has 0 aliphatic carbocycles. The molecule has 2 nitrogen and oxygen atoms in total. The van der Waals surface area contributed by atoms with Gasteiger partial charge in [-0.1, -0.05) is 69.7 Å². The molecule has 0 bridgehead atoms. The lowest BCUT2D eigenvalue weighted by Crippen LogP contribution is -1.91. The van der Waals surface area contributed by atoms with Gasteiger partial charge in [-0.2, -0.15) is 0 Å². The van der Waals surface area contributed by atoms with Crippen molar-refractivity contribution in [2.75, 3.05) is 27.4 Å². The molecule has 0 aromatic rings. The molecule has 0 aromatic heterocycles. The quantitative estimate of drug-likeness (QED) is 0.402. The number of rotatable bonds is 6. The molecular formula is C17H46O2. The van der Waals surface area contributed by atoms with Gasteiger partial charge >= 0.3 is 0 Å². The second-order valence-electron chi connectivity index (χ2n) is 2.44. The van der Waals surface area contributed by atoms with Gasteiger partial charge < -0.3 is 9.47 Å². The maximum absolute atomic E-state index is 5.22. The van der Waals surface area contributed by atoms with Crippen molar-refractivity contribution in [3.05, 3.63) is 24.8 Å². The van der Waals surface area contributed by atoms with Crippen molar-refractivity contribution < 1.29 is 9.47 Å². The fourth-order valence-electron chi connectivity index (χ4n) is 0.553. The molecule has 0 unspecified atom stereocenters. The summed E-state index contributed by atoms with van der Waals surface area (Å²) in [5.74, 6) is 0. The van der Waals surface area contributed by atoms with Crippen LogP contribution in [0.5, 0.6) is 0 Å². The van der Waals surface area contributed by atoms with Crippen LogP contribution in [0.15, 0.2) is 24.8 Å². The van der Waals surface area contributed by atoms with Crippen molar-refractivity contribution in [2.45, 2.75) is 64.3 Å². The first kappa shape index (κ1) is 51.5. The largest absolute Gasteiger partial charge is 0.388 e. The Morgan fingerprint density at radius 3 is 1.63 bits per heavy atom. The van der Waals surface area contributed by atoms with Crippen molar-refractivity contribution in [3.8, 4) is 0 Å². The van der Waals surface area contributed by atoms with Crippen LogP contribution in [0, 0.1) is 0 Å². The van der Waals surface area contributed by atoms with Gasteiger partial charge in [0, 0.05) is 14.2 Å². The van der Waals surface area contributed by atoms with Crippen LogP contribution in [0.4, 0.5) is 0 Å². The lowest BCUT2D eigenvalue weighted by molar-refractivity contribution is 0.167. The second-order valence-corrected chi connectivity index (χ2v) is 2.44. The molecule has 0 saturated carbocycles. The Kier molecular flexibility index (Phi) is 180. The number of ether oxygens (including phenoxy) is 2. The Bertz CT molecular complexity index is 110. The summed E-state index contributed by atoms with van der Waals surface area (Å²) in [5.41, 5.74) is 0. The zero-order valence-electron chi connectivity index (χ0n) is 9.08. The minimum absolute atomic E-state index is 0. The third-order valence-electron chi connectivity index (χ3n) is 1.08. The van der Waals surface area contributed by atoms with E-state index < -0.39 is 0 Å². The minimum Gasteiger partial charge on any atom is -0.388 e. The van der Waals surface area contributed by atoms with Crippen LogP contribution in [-0.4, -0.2) is 27.4 Å².